The highest BCUT2D eigenvalue weighted by molar-refractivity contribution is 5.95. The van der Waals surface area contributed by atoms with E-state index < -0.39 is 0 Å². The zero-order chi connectivity index (χ0) is 22.7. The van der Waals surface area contributed by atoms with Crippen molar-refractivity contribution in [2.75, 3.05) is 24.6 Å². The number of hydrogen-bond donors (Lipinski definition) is 0. The van der Waals surface area contributed by atoms with E-state index in [4.69, 9.17) is 14.7 Å². The van der Waals surface area contributed by atoms with Gasteiger partial charge in [0.1, 0.15) is 12.4 Å². The monoisotopic (exact) mass is 436 g/mol. The number of benzene rings is 1. The van der Waals surface area contributed by atoms with E-state index >= 15 is 0 Å². The van der Waals surface area contributed by atoms with Crippen LogP contribution < -0.4 is 4.90 Å². The zero-order valence-corrected chi connectivity index (χ0v) is 19.2. The second-order valence-corrected chi connectivity index (χ2v) is 8.86. The fraction of sp³-hybridized carbons (Fsp3) is 0.520. The number of anilines is 1. The molecule has 32 heavy (non-hydrogen) atoms. The molecule has 0 spiro atoms. The molecule has 0 N–H and O–H groups in total. The molecule has 1 aromatic heterocycles. The maximum atomic E-state index is 12.8. The van der Waals surface area contributed by atoms with Gasteiger partial charge in [0, 0.05) is 30.8 Å². The molecule has 170 valence electrons. The lowest BCUT2D eigenvalue weighted by atomic mass is 10.0. The third kappa shape index (κ3) is 4.83. The van der Waals surface area contributed by atoms with Crippen molar-refractivity contribution in [2.45, 2.75) is 65.0 Å². The van der Waals surface area contributed by atoms with Crippen molar-refractivity contribution in [1.82, 2.24) is 14.9 Å². The van der Waals surface area contributed by atoms with Crippen LogP contribution in [0.3, 0.4) is 0 Å². The summed E-state index contributed by atoms with van der Waals surface area (Å²) in [6, 6.07) is 10.0. The van der Waals surface area contributed by atoms with Gasteiger partial charge in [-0.15, -0.1) is 0 Å². The third-order valence-corrected chi connectivity index (χ3v) is 6.23. The van der Waals surface area contributed by atoms with Gasteiger partial charge in [-0.1, -0.05) is 30.3 Å². The van der Waals surface area contributed by atoms with Crippen molar-refractivity contribution in [2.24, 2.45) is 0 Å². The SMILES string of the molecule is Cc1nc([C@@H]2CCCN2C(=O)COC(C)C)nc2c1CCC(=O)N2CCc1ccccc1. The number of nitrogens with zero attached hydrogens (tertiary/aromatic N) is 4. The molecule has 1 atom stereocenters. The van der Waals surface area contributed by atoms with Crippen molar-refractivity contribution in [3.8, 4) is 0 Å². The minimum atomic E-state index is -0.171. The van der Waals surface area contributed by atoms with Gasteiger partial charge in [0.05, 0.1) is 12.1 Å². The Morgan fingerprint density at radius 1 is 1.19 bits per heavy atom. The maximum Gasteiger partial charge on any atom is 0.249 e. The highest BCUT2D eigenvalue weighted by atomic mass is 16.5. The number of ether oxygens (including phenoxy) is 1. The first kappa shape index (κ1) is 22.4. The first-order chi connectivity index (χ1) is 15.4. The summed E-state index contributed by atoms with van der Waals surface area (Å²) in [6.45, 7) is 7.16. The number of carbonyl (C=O) groups excluding carboxylic acids is 2. The van der Waals surface area contributed by atoms with E-state index in [9.17, 15) is 9.59 Å². The third-order valence-electron chi connectivity index (χ3n) is 6.23. The lowest BCUT2D eigenvalue weighted by molar-refractivity contribution is -0.138. The van der Waals surface area contributed by atoms with Gasteiger partial charge in [-0.3, -0.25) is 14.5 Å². The molecular formula is C25H32N4O3. The molecule has 0 aliphatic carbocycles. The molecule has 0 radical (unpaired) electrons. The molecule has 7 nitrogen and oxygen atoms in total. The second kappa shape index (κ2) is 9.77. The van der Waals surface area contributed by atoms with Crippen LogP contribution in [0.1, 0.15) is 61.8 Å². The Bertz CT molecular complexity index is 977. The Morgan fingerprint density at radius 3 is 2.72 bits per heavy atom. The van der Waals surface area contributed by atoms with E-state index in [1.807, 2.05) is 48.8 Å². The van der Waals surface area contributed by atoms with E-state index in [2.05, 4.69) is 12.1 Å². The van der Waals surface area contributed by atoms with Crippen molar-refractivity contribution in [3.05, 3.63) is 53.0 Å². The fourth-order valence-corrected chi connectivity index (χ4v) is 4.52. The Hall–Kier alpha value is -2.80. The summed E-state index contributed by atoms with van der Waals surface area (Å²) >= 11 is 0. The Labute approximate surface area is 189 Å². The van der Waals surface area contributed by atoms with Crippen molar-refractivity contribution in [1.29, 1.82) is 0 Å². The number of hydrogen-bond acceptors (Lipinski definition) is 5. The molecule has 2 amide bonds. The normalized spacial score (nSPS) is 18.4. The maximum absolute atomic E-state index is 12.8. The molecule has 1 fully saturated rings. The van der Waals surface area contributed by atoms with Crippen LogP contribution in [0.25, 0.3) is 0 Å². The first-order valence-electron chi connectivity index (χ1n) is 11.6. The molecule has 4 rings (SSSR count). The van der Waals surface area contributed by atoms with E-state index in [-0.39, 0.29) is 30.6 Å². The topological polar surface area (TPSA) is 75.6 Å². The van der Waals surface area contributed by atoms with Gasteiger partial charge in [0.15, 0.2) is 5.82 Å². The molecular weight excluding hydrogens is 404 g/mol. The van der Waals surface area contributed by atoms with Crippen LogP contribution in [0.2, 0.25) is 0 Å². The van der Waals surface area contributed by atoms with Gasteiger partial charge < -0.3 is 9.64 Å². The minimum absolute atomic E-state index is 0.00595. The fourth-order valence-electron chi connectivity index (χ4n) is 4.52. The van der Waals surface area contributed by atoms with Crippen molar-refractivity contribution >= 4 is 17.6 Å². The molecule has 0 saturated carbocycles. The highest BCUT2D eigenvalue weighted by Gasteiger charge is 2.35. The molecule has 1 saturated heterocycles. The van der Waals surface area contributed by atoms with Gasteiger partial charge in [0.2, 0.25) is 11.8 Å². The predicted octanol–water partition coefficient (Wildman–Crippen LogP) is 3.40. The Kier molecular flexibility index (Phi) is 6.84. The largest absolute Gasteiger partial charge is 0.369 e. The zero-order valence-electron chi connectivity index (χ0n) is 19.2. The second-order valence-electron chi connectivity index (χ2n) is 8.86. The summed E-state index contributed by atoms with van der Waals surface area (Å²) in [5.41, 5.74) is 3.14. The summed E-state index contributed by atoms with van der Waals surface area (Å²) in [4.78, 5) is 38.9. The first-order valence-corrected chi connectivity index (χ1v) is 11.6. The quantitative estimate of drug-likeness (QED) is 0.665. The molecule has 0 unspecified atom stereocenters. The molecule has 2 aliphatic rings. The van der Waals surface area contributed by atoms with E-state index in [1.54, 1.807) is 0 Å². The predicted molar refractivity (Wildman–Crippen MR) is 122 cm³/mol. The Morgan fingerprint density at radius 2 is 1.97 bits per heavy atom. The van der Waals surface area contributed by atoms with E-state index in [0.29, 0.717) is 31.8 Å². The van der Waals surface area contributed by atoms with Crippen LogP contribution in [-0.2, 0) is 27.2 Å². The molecule has 0 bridgehead atoms. The van der Waals surface area contributed by atoms with Gasteiger partial charge in [-0.05, 0) is 52.0 Å². The molecule has 2 aromatic rings. The standard InChI is InChI=1S/C25H32N4O3/c1-17(2)32-16-23(31)28-14-7-10-21(28)24-26-18(3)20-11-12-22(30)29(25(20)27-24)15-13-19-8-5-4-6-9-19/h4-6,8-9,17,21H,7,10-16H2,1-3H3/t21-/m0/s1. The van der Waals surface area contributed by atoms with Gasteiger partial charge in [-0.25, -0.2) is 9.97 Å². The average molecular weight is 437 g/mol. The lowest BCUT2D eigenvalue weighted by Crippen LogP contribution is -2.39. The summed E-state index contributed by atoms with van der Waals surface area (Å²) in [5, 5.41) is 0. The number of rotatable bonds is 7. The van der Waals surface area contributed by atoms with Crippen LogP contribution in [0, 0.1) is 6.92 Å². The van der Waals surface area contributed by atoms with E-state index in [0.717, 1.165) is 36.3 Å². The van der Waals surface area contributed by atoms with Gasteiger partial charge in [-0.2, -0.15) is 0 Å². The van der Waals surface area contributed by atoms with Gasteiger partial charge >= 0.3 is 0 Å². The molecule has 1 aromatic carbocycles. The van der Waals surface area contributed by atoms with Gasteiger partial charge in [0.25, 0.3) is 0 Å². The van der Waals surface area contributed by atoms with Crippen LogP contribution in [0.4, 0.5) is 5.82 Å². The van der Waals surface area contributed by atoms with Crippen molar-refractivity contribution < 1.29 is 14.3 Å². The van der Waals surface area contributed by atoms with Crippen LogP contribution in [0.5, 0.6) is 0 Å². The molecule has 3 heterocycles. The number of carbonyl (C=O) groups is 2. The average Bonchev–Trinajstić information content (AvgIpc) is 3.27. The summed E-state index contributed by atoms with van der Waals surface area (Å²) in [6.07, 6.45) is 3.65. The number of amides is 2. The Balaban J connectivity index is 1.59. The van der Waals surface area contributed by atoms with Crippen LogP contribution >= 0.6 is 0 Å². The number of fused-ring (bicyclic) bond motifs is 1. The van der Waals surface area contributed by atoms with Crippen molar-refractivity contribution in [3.63, 3.8) is 0 Å². The highest BCUT2D eigenvalue weighted by Crippen LogP contribution is 2.34. The smallest absolute Gasteiger partial charge is 0.249 e. The number of aryl methyl sites for hydroxylation is 1. The summed E-state index contributed by atoms with van der Waals surface area (Å²) in [5.74, 6) is 1.42. The summed E-state index contributed by atoms with van der Waals surface area (Å²) in [7, 11) is 0. The number of likely N-dealkylation sites (tertiary alicyclic amines) is 1. The lowest BCUT2D eigenvalue weighted by Gasteiger charge is -2.31. The summed E-state index contributed by atoms with van der Waals surface area (Å²) < 4.78 is 5.53. The van der Waals surface area contributed by atoms with Crippen LogP contribution in [0.15, 0.2) is 30.3 Å². The minimum Gasteiger partial charge on any atom is -0.369 e. The number of aromatic nitrogens is 2. The molecule has 7 heteroatoms. The van der Waals surface area contributed by atoms with E-state index in [1.165, 1.54) is 5.56 Å². The molecule has 2 aliphatic heterocycles. The van der Waals surface area contributed by atoms with Crippen LogP contribution in [-0.4, -0.2) is 52.5 Å².